The highest BCUT2D eigenvalue weighted by atomic mass is 32.1. The Labute approximate surface area is 152 Å². The topological polar surface area (TPSA) is 96.0 Å². The molecule has 2 aromatic heterocycles. The number of anilines is 1. The Morgan fingerprint density at radius 3 is 2.80 bits per heavy atom. The number of rotatable bonds is 4. The van der Waals surface area contributed by atoms with Crippen molar-refractivity contribution in [3.63, 3.8) is 0 Å². The minimum atomic E-state index is -0.458. The number of nitrogens with one attached hydrogen (secondary N) is 1. The fraction of sp³-hybridized carbons (Fsp3) is 0.294. The summed E-state index contributed by atoms with van der Waals surface area (Å²) < 4.78 is 0. The largest absolute Gasteiger partial charge is 0.324 e. The lowest BCUT2D eigenvalue weighted by Crippen LogP contribution is -2.07. The van der Waals surface area contributed by atoms with E-state index in [-0.39, 0.29) is 10.9 Å². The van der Waals surface area contributed by atoms with Gasteiger partial charge in [0.1, 0.15) is 11.1 Å². The van der Waals surface area contributed by atoms with Crippen LogP contribution in [0.4, 0.5) is 10.0 Å². The molecule has 1 amide bonds. The third kappa shape index (κ3) is 3.95. The molecule has 128 valence electrons. The molecule has 0 unspecified atom stereocenters. The zero-order valence-electron chi connectivity index (χ0n) is 13.3. The van der Waals surface area contributed by atoms with Crippen LogP contribution in [0.5, 0.6) is 0 Å². The SMILES string of the molecule is N#Cc1c(NC(=O)C=Cc2ccc([N+](=O)[O-])s2)sc2c1CCCCC2. The van der Waals surface area contributed by atoms with Gasteiger partial charge in [-0.2, -0.15) is 5.26 Å². The van der Waals surface area contributed by atoms with Gasteiger partial charge in [-0.05, 0) is 43.4 Å². The van der Waals surface area contributed by atoms with E-state index in [4.69, 9.17) is 0 Å². The van der Waals surface area contributed by atoms with Gasteiger partial charge < -0.3 is 5.32 Å². The number of thiophene rings is 2. The number of hydrogen-bond donors (Lipinski definition) is 1. The lowest BCUT2D eigenvalue weighted by molar-refractivity contribution is -0.380. The Balaban J connectivity index is 1.73. The van der Waals surface area contributed by atoms with Crippen molar-refractivity contribution < 1.29 is 9.72 Å². The molecule has 3 rings (SSSR count). The minimum absolute atomic E-state index is 0.0359. The first kappa shape index (κ1) is 17.3. The van der Waals surface area contributed by atoms with Gasteiger partial charge >= 0.3 is 5.00 Å². The van der Waals surface area contributed by atoms with Crippen LogP contribution in [0.15, 0.2) is 18.2 Å². The molecule has 2 heterocycles. The van der Waals surface area contributed by atoms with E-state index in [1.165, 1.54) is 40.9 Å². The zero-order valence-corrected chi connectivity index (χ0v) is 14.9. The molecule has 8 heteroatoms. The lowest BCUT2D eigenvalue weighted by Gasteiger charge is -2.00. The van der Waals surface area contributed by atoms with Crippen LogP contribution in [0.2, 0.25) is 0 Å². The maximum atomic E-state index is 12.1. The van der Waals surface area contributed by atoms with Crippen LogP contribution in [0.25, 0.3) is 6.08 Å². The first-order valence-electron chi connectivity index (χ1n) is 7.86. The molecule has 0 aromatic carbocycles. The molecule has 0 aliphatic heterocycles. The van der Waals surface area contributed by atoms with Crippen LogP contribution < -0.4 is 5.32 Å². The monoisotopic (exact) mass is 373 g/mol. The number of nitriles is 1. The second-order valence-corrected chi connectivity index (χ2v) is 7.84. The molecule has 1 aliphatic carbocycles. The van der Waals surface area contributed by atoms with Crippen molar-refractivity contribution >= 4 is 44.7 Å². The van der Waals surface area contributed by atoms with Crippen molar-refractivity contribution in [2.24, 2.45) is 0 Å². The van der Waals surface area contributed by atoms with E-state index in [0.717, 1.165) is 42.6 Å². The molecule has 0 bridgehead atoms. The van der Waals surface area contributed by atoms with E-state index in [0.29, 0.717) is 15.4 Å². The highest BCUT2D eigenvalue weighted by molar-refractivity contribution is 7.17. The number of nitro groups is 1. The van der Waals surface area contributed by atoms with Crippen LogP contribution in [-0.4, -0.2) is 10.8 Å². The quantitative estimate of drug-likeness (QED) is 0.369. The maximum Gasteiger partial charge on any atom is 0.324 e. The lowest BCUT2D eigenvalue weighted by atomic mass is 10.1. The summed E-state index contributed by atoms with van der Waals surface area (Å²) in [5.74, 6) is -0.344. The molecule has 0 saturated carbocycles. The molecule has 0 saturated heterocycles. The average Bonchev–Trinajstić information content (AvgIpc) is 3.11. The van der Waals surface area contributed by atoms with Crippen LogP contribution in [0.1, 0.15) is 40.1 Å². The third-order valence-electron chi connectivity index (χ3n) is 3.96. The number of aryl methyl sites for hydroxylation is 1. The summed E-state index contributed by atoms with van der Waals surface area (Å²) in [5, 5.41) is 23.5. The molecule has 6 nitrogen and oxygen atoms in total. The fourth-order valence-electron chi connectivity index (χ4n) is 2.79. The van der Waals surface area contributed by atoms with Crippen molar-refractivity contribution in [1.82, 2.24) is 0 Å². The molecule has 0 spiro atoms. The molecular formula is C17H15N3O3S2. The van der Waals surface area contributed by atoms with Crippen molar-refractivity contribution in [1.29, 1.82) is 5.26 Å². The first-order valence-corrected chi connectivity index (χ1v) is 9.49. The Bertz CT molecular complexity index is 890. The molecule has 0 radical (unpaired) electrons. The Hall–Kier alpha value is -2.50. The second-order valence-electron chi connectivity index (χ2n) is 5.64. The van der Waals surface area contributed by atoms with E-state index in [1.54, 1.807) is 6.07 Å². The van der Waals surface area contributed by atoms with E-state index in [2.05, 4.69) is 11.4 Å². The molecule has 25 heavy (non-hydrogen) atoms. The number of carbonyl (C=O) groups excluding carboxylic acids is 1. The van der Waals surface area contributed by atoms with Gasteiger partial charge in [0, 0.05) is 21.9 Å². The van der Waals surface area contributed by atoms with Crippen molar-refractivity contribution in [2.75, 3.05) is 5.32 Å². The number of hydrogen-bond acceptors (Lipinski definition) is 6. The number of amides is 1. The number of fused-ring (bicyclic) bond motifs is 1. The summed E-state index contributed by atoms with van der Waals surface area (Å²) >= 11 is 2.49. The summed E-state index contributed by atoms with van der Waals surface area (Å²) in [5.41, 5.74) is 1.66. The Kier molecular flexibility index (Phi) is 5.26. The van der Waals surface area contributed by atoms with E-state index in [9.17, 15) is 20.2 Å². The fourth-order valence-corrected chi connectivity index (χ4v) is 4.76. The van der Waals surface area contributed by atoms with Gasteiger partial charge in [-0.25, -0.2) is 0 Å². The van der Waals surface area contributed by atoms with Crippen LogP contribution >= 0.6 is 22.7 Å². The first-order chi connectivity index (χ1) is 12.1. The van der Waals surface area contributed by atoms with E-state index >= 15 is 0 Å². The predicted octanol–water partition coefficient (Wildman–Crippen LogP) is 4.51. The summed E-state index contributed by atoms with van der Waals surface area (Å²) in [6.45, 7) is 0. The molecule has 0 atom stereocenters. The van der Waals surface area contributed by atoms with E-state index in [1.807, 2.05) is 0 Å². The Morgan fingerprint density at radius 2 is 2.08 bits per heavy atom. The second kappa shape index (κ2) is 7.59. The van der Waals surface area contributed by atoms with Crippen LogP contribution in [-0.2, 0) is 17.6 Å². The summed E-state index contributed by atoms with van der Waals surface area (Å²) in [7, 11) is 0. The maximum absolute atomic E-state index is 12.1. The predicted molar refractivity (Wildman–Crippen MR) is 98.9 cm³/mol. The van der Waals surface area contributed by atoms with E-state index < -0.39 is 4.92 Å². The summed E-state index contributed by atoms with van der Waals surface area (Å²) in [4.78, 5) is 24.2. The van der Waals surface area contributed by atoms with Crippen molar-refractivity contribution in [2.45, 2.75) is 32.1 Å². The number of nitrogens with zero attached hydrogens (tertiary/aromatic N) is 2. The van der Waals surface area contributed by atoms with Gasteiger partial charge in [0.25, 0.3) is 0 Å². The molecule has 0 fully saturated rings. The van der Waals surface area contributed by atoms with Gasteiger partial charge in [-0.1, -0.05) is 17.8 Å². The summed E-state index contributed by atoms with van der Waals surface area (Å²) in [6, 6.07) is 5.23. The third-order valence-corrected chi connectivity index (χ3v) is 6.17. The normalized spacial score (nSPS) is 13.9. The molecule has 1 N–H and O–H groups in total. The zero-order chi connectivity index (χ0) is 17.8. The molecular weight excluding hydrogens is 358 g/mol. The number of carbonyl (C=O) groups is 1. The highest BCUT2D eigenvalue weighted by Gasteiger charge is 2.20. The minimum Gasteiger partial charge on any atom is -0.313 e. The standard InChI is InChI=1S/C17H15N3O3S2/c18-10-13-12-4-2-1-3-5-14(12)25-17(13)19-15(21)8-6-11-7-9-16(24-11)20(22)23/h6-9H,1-5H2,(H,19,21). The van der Waals surface area contributed by atoms with Crippen molar-refractivity contribution in [3.05, 3.63) is 49.2 Å². The van der Waals surface area contributed by atoms with Gasteiger partial charge in [0.05, 0.1) is 10.5 Å². The Morgan fingerprint density at radius 1 is 1.28 bits per heavy atom. The van der Waals surface area contributed by atoms with Gasteiger partial charge in [0.15, 0.2) is 0 Å². The van der Waals surface area contributed by atoms with Crippen LogP contribution in [0, 0.1) is 21.4 Å². The molecule has 2 aromatic rings. The van der Waals surface area contributed by atoms with Gasteiger partial charge in [-0.3, -0.25) is 14.9 Å². The highest BCUT2D eigenvalue weighted by Crippen LogP contribution is 2.37. The van der Waals surface area contributed by atoms with Crippen molar-refractivity contribution in [3.8, 4) is 6.07 Å². The summed E-state index contributed by atoms with van der Waals surface area (Å²) in [6.07, 6.45) is 8.08. The average molecular weight is 373 g/mol. The smallest absolute Gasteiger partial charge is 0.313 e. The van der Waals surface area contributed by atoms with Gasteiger partial charge in [-0.15, -0.1) is 11.3 Å². The molecule has 1 aliphatic rings. The van der Waals surface area contributed by atoms with Gasteiger partial charge in [0.2, 0.25) is 5.91 Å². The van der Waals surface area contributed by atoms with Crippen LogP contribution in [0.3, 0.4) is 0 Å².